The van der Waals surface area contributed by atoms with Crippen LogP contribution in [0, 0.1) is 12.8 Å². The molecule has 1 aliphatic carbocycles. The minimum absolute atomic E-state index is 0.205. The van der Waals surface area contributed by atoms with Crippen molar-refractivity contribution in [2.45, 2.75) is 31.6 Å². The van der Waals surface area contributed by atoms with Gasteiger partial charge in [0.05, 0.1) is 30.6 Å². The Kier molecular flexibility index (Phi) is 5.65. The second-order valence-electron chi connectivity index (χ2n) is 6.35. The van der Waals surface area contributed by atoms with Gasteiger partial charge in [-0.3, -0.25) is 4.98 Å². The predicted molar refractivity (Wildman–Crippen MR) is 94.8 cm³/mol. The van der Waals surface area contributed by atoms with Crippen LogP contribution in [0.1, 0.15) is 12.1 Å². The number of rotatable bonds is 5. The molecule has 26 heavy (non-hydrogen) atoms. The second kappa shape index (κ2) is 8.11. The molecule has 2 heterocycles. The van der Waals surface area contributed by atoms with Gasteiger partial charge < -0.3 is 25.6 Å². The van der Waals surface area contributed by atoms with Gasteiger partial charge in [0, 0.05) is 23.9 Å². The zero-order chi connectivity index (χ0) is 18.5. The first kappa shape index (κ1) is 18.1. The summed E-state index contributed by atoms with van der Waals surface area (Å²) in [5, 5.41) is 25.8. The fourth-order valence-corrected chi connectivity index (χ4v) is 3.00. The van der Waals surface area contributed by atoms with Crippen molar-refractivity contribution in [1.29, 1.82) is 0 Å². The van der Waals surface area contributed by atoms with Crippen LogP contribution in [-0.2, 0) is 0 Å². The Bertz CT molecular complexity index is 743. The third-order valence-corrected chi connectivity index (χ3v) is 4.35. The average Bonchev–Trinajstić information content (AvgIpc) is 2.89. The second-order valence-corrected chi connectivity index (χ2v) is 6.35. The summed E-state index contributed by atoms with van der Waals surface area (Å²) in [6.07, 6.45) is 1.48. The Hall–Kier alpha value is -2.71. The summed E-state index contributed by atoms with van der Waals surface area (Å²) in [5.41, 5.74) is 1.38. The minimum atomic E-state index is -1.06. The Morgan fingerprint density at radius 3 is 2.85 bits per heavy atom. The molecule has 4 atom stereocenters. The van der Waals surface area contributed by atoms with E-state index in [0.717, 1.165) is 5.69 Å². The van der Waals surface area contributed by atoms with Crippen molar-refractivity contribution in [2.24, 2.45) is 5.92 Å². The highest BCUT2D eigenvalue weighted by atomic mass is 16.5. The van der Waals surface area contributed by atoms with Crippen molar-refractivity contribution in [2.75, 3.05) is 11.9 Å². The Morgan fingerprint density at radius 2 is 2.12 bits per heavy atom. The smallest absolute Gasteiger partial charge is 0.319 e. The summed E-state index contributed by atoms with van der Waals surface area (Å²) >= 11 is 0. The fourth-order valence-electron chi connectivity index (χ4n) is 3.00. The van der Waals surface area contributed by atoms with Crippen LogP contribution in [0.5, 0.6) is 5.88 Å². The van der Waals surface area contributed by atoms with Crippen LogP contribution < -0.4 is 15.4 Å². The lowest BCUT2D eigenvalue weighted by Gasteiger charge is -2.18. The molecule has 0 radical (unpaired) electrons. The van der Waals surface area contributed by atoms with E-state index in [9.17, 15) is 15.0 Å². The molecule has 2 aromatic heterocycles. The van der Waals surface area contributed by atoms with Crippen LogP contribution in [-0.4, -0.2) is 51.1 Å². The molecule has 3 rings (SSSR count). The number of aliphatic hydroxyl groups is 2. The number of anilines is 1. The molecule has 1 fully saturated rings. The van der Waals surface area contributed by atoms with Gasteiger partial charge in [-0.25, -0.2) is 9.78 Å². The van der Waals surface area contributed by atoms with E-state index in [0.29, 0.717) is 18.0 Å². The normalized spacial score (nSPS) is 24.9. The first-order chi connectivity index (χ1) is 12.5. The van der Waals surface area contributed by atoms with Gasteiger partial charge in [-0.05, 0) is 31.5 Å². The van der Waals surface area contributed by atoms with Crippen molar-refractivity contribution in [3.8, 4) is 5.88 Å². The number of hydrogen-bond donors (Lipinski definition) is 4. The van der Waals surface area contributed by atoms with Crippen molar-refractivity contribution >= 4 is 11.7 Å². The van der Waals surface area contributed by atoms with Gasteiger partial charge in [0.1, 0.15) is 6.10 Å². The summed E-state index contributed by atoms with van der Waals surface area (Å²) in [6, 6.07) is 7.82. The van der Waals surface area contributed by atoms with Crippen molar-refractivity contribution in [3.63, 3.8) is 0 Å². The zero-order valence-electron chi connectivity index (χ0n) is 14.4. The van der Waals surface area contributed by atoms with Crippen molar-refractivity contribution in [3.05, 3.63) is 48.4 Å². The van der Waals surface area contributed by atoms with Crippen LogP contribution in [0.2, 0.25) is 0 Å². The number of urea groups is 1. The predicted octanol–water partition coefficient (Wildman–Crippen LogP) is 1.10. The molecular weight excluding hydrogens is 336 g/mol. The van der Waals surface area contributed by atoms with Crippen molar-refractivity contribution < 1.29 is 19.7 Å². The minimum Gasteiger partial charge on any atom is -0.477 e. The molecule has 138 valence electrons. The number of carbonyl (C=O) groups is 1. The lowest BCUT2D eigenvalue weighted by atomic mass is 10.1. The summed E-state index contributed by atoms with van der Waals surface area (Å²) in [7, 11) is 0. The maximum Gasteiger partial charge on any atom is 0.319 e. The molecule has 4 unspecified atom stereocenters. The SMILES string of the molecule is Cc1cccc(OCC2CC(NC(=O)Nc3cccnc3)C(O)C2O)n1. The van der Waals surface area contributed by atoms with Gasteiger partial charge in [0.25, 0.3) is 0 Å². The molecule has 1 saturated carbocycles. The van der Waals surface area contributed by atoms with Crippen LogP contribution in [0.3, 0.4) is 0 Å². The maximum absolute atomic E-state index is 12.1. The van der Waals surface area contributed by atoms with E-state index >= 15 is 0 Å². The van der Waals surface area contributed by atoms with E-state index in [1.165, 1.54) is 6.20 Å². The number of hydrogen-bond acceptors (Lipinski definition) is 6. The van der Waals surface area contributed by atoms with Gasteiger partial charge in [-0.15, -0.1) is 0 Å². The monoisotopic (exact) mass is 358 g/mol. The Labute approximate surface area is 151 Å². The Balaban J connectivity index is 1.52. The number of amides is 2. The highest BCUT2D eigenvalue weighted by molar-refractivity contribution is 5.89. The molecule has 0 aromatic carbocycles. The van der Waals surface area contributed by atoms with Crippen LogP contribution in [0.25, 0.3) is 0 Å². The fraction of sp³-hybridized carbons (Fsp3) is 0.389. The number of aliphatic hydroxyl groups excluding tert-OH is 2. The van der Waals surface area contributed by atoms with E-state index in [-0.39, 0.29) is 12.5 Å². The zero-order valence-corrected chi connectivity index (χ0v) is 14.4. The molecule has 2 aromatic rings. The van der Waals surface area contributed by atoms with E-state index in [4.69, 9.17) is 4.74 Å². The molecule has 0 spiro atoms. The molecule has 4 N–H and O–H groups in total. The number of aryl methyl sites for hydroxylation is 1. The van der Waals surface area contributed by atoms with Crippen LogP contribution in [0.15, 0.2) is 42.7 Å². The summed E-state index contributed by atoms with van der Waals surface area (Å²) in [4.78, 5) is 20.2. The number of ether oxygens (including phenoxy) is 1. The highest BCUT2D eigenvalue weighted by Crippen LogP contribution is 2.27. The van der Waals surface area contributed by atoms with Gasteiger partial charge in [0.2, 0.25) is 5.88 Å². The summed E-state index contributed by atoms with van der Waals surface area (Å²) in [5.74, 6) is 0.161. The third-order valence-electron chi connectivity index (χ3n) is 4.35. The molecule has 2 amide bonds. The average molecular weight is 358 g/mol. The molecule has 0 bridgehead atoms. The summed E-state index contributed by atoms with van der Waals surface area (Å²) in [6.45, 7) is 2.07. The molecular formula is C18H22N4O4. The van der Waals surface area contributed by atoms with E-state index in [2.05, 4.69) is 20.6 Å². The van der Waals surface area contributed by atoms with Crippen molar-refractivity contribution in [1.82, 2.24) is 15.3 Å². The van der Waals surface area contributed by atoms with E-state index in [1.54, 1.807) is 24.4 Å². The Morgan fingerprint density at radius 1 is 1.27 bits per heavy atom. The highest BCUT2D eigenvalue weighted by Gasteiger charge is 2.42. The van der Waals surface area contributed by atoms with Crippen LogP contribution in [0.4, 0.5) is 10.5 Å². The largest absolute Gasteiger partial charge is 0.477 e. The van der Waals surface area contributed by atoms with Gasteiger partial charge >= 0.3 is 6.03 Å². The first-order valence-corrected chi connectivity index (χ1v) is 8.43. The number of nitrogens with one attached hydrogen (secondary N) is 2. The number of nitrogens with zero attached hydrogens (tertiary/aromatic N) is 2. The molecule has 1 aliphatic rings. The van der Waals surface area contributed by atoms with Gasteiger partial charge in [-0.2, -0.15) is 0 Å². The molecule has 8 heteroatoms. The number of pyridine rings is 2. The topological polar surface area (TPSA) is 117 Å². The lowest BCUT2D eigenvalue weighted by Crippen LogP contribution is -2.44. The van der Waals surface area contributed by atoms with Gasteiger partial charge in [-0.1, -0.05) is 6.07 Å². The number of carbonyl (C=O) groups excluding carboxylic acids is 1. The lowest BCUT2D eigenvalue weighted by molar-refractivity contribution is 0.00308. The van der Waals surface area contributed by atoms with E-state index in [1.807, 2.05) is 19.1 Å². The quantitative estimate of drug-likeness (QED) is 0.636. The summed E-state index contributed by atoms with van der Waals surface area (Å²) < 4.78 is 5.62. The third kappa shape index (κ3) is 4.47. The van der Waals surface area contributed by atoms with E-state index < -0.39 is 24.3 Å². The molecule has 8 nitrogen and oxygen atoms in total. The first-order valence-electron chi connectivity index (χ1n) is 8.43. The number of aromatic nitrogens is 2. The van der Waals surface area contributed by atoms with Gasteiger partial charge in [0.15, 0.2) is 0 Å². The molecule has 0 aliphatic heterocycles. The van der Waals surface area contributed by atoms with Crippen LogP contribution >= 0.6 is 0 Å². The molecule has 0 saturated heterocycles. The maximum atomic E-state index is 12.1. The standard InChI is InChI=1S/C18H22N4O4/c1-11-4-2-6-15(20-11)26-10-12-8-14(17(24)16(12)23)22-18(25)21-13-5-3-7-19-9-13/h2-7,9,12,14,16-17,23-24H,8,10H2,1H3,(H2,21,22,25).